The molecule has 3 fully saturated rings. The minimum absolute atomic E-state index is 0.0623. The lowest BCUT2D eigenvalue weighted by atomic mass is 9.78. The van der Waals surface area contributed by atoms with Crippen molar-refractivity contribution in [3.63, 3.8) is 0 Å². The van der Waals surface area contributed by atoms with Gasteiger partial charge in [0, 0.05) is 15.4 Å². The Kier molecular flexibility index (Phi) is 4.32. The van der Waals surface area contributed by atoms with Crippen molar-refractivity contribution in [1.82, 2.24) is 0 Å². The Labute approximate surface area is 163 Å². The molecule has 4 rings (SSSR count). The van der Waals surface area contributed by atoms with Crippen LogP contribution in [0.1, 0.15) is 17.5 Å². The molecule has 2 saturated carbocycles. The van der Waals surface area contributed by atoms with E-state index in [4.69, 9.17) is 14.2 Å². The number of benzene rings is 1. The third-order valence-corrected chi connectivity index (χ3v) is 6.14. The fourth-order valence-corrected chi connectivity index (χ4v) is 5.56. The minimum Gasteiger partial charge on any atom is -0.481 e. The summed E-state index contributed by atoms with van der Waals surface area (Å²) in [5.41, 5.74) is 1.90. The van der Waals surface area contributed by atoms with Gasteiger partial charge in [0.2, 0.25) is 0 Å². The summed E-state index contributed by atoms with van der Waals surface area (Å²) in [6, 6.07) is 5.83. The van der Waals surface area contributed by atoms with Crippen LogP contribution in [0.3, 0.4) is 0 Å². The normalized spacial score (nSPS) is 33.8. The van der Waals surface area contributed by atoms with Crippen LogP contribution in [-0.2, 0) is 30.4 Å². The largest absolute Gasteiger partial charge is 0.509 e. The number of carboxylic acid groups (broad SMARTS) is 1. The lowest BCUT2D eigenvalue weighted by Gasteiger charge is -2.28. The quantitative estimate of drug-likeness (QED) is 0.531. The number of fused-ring (bicyclic) bond motifs is 1. The van der Waals surface area contributed by atoms with Gasteiger partial charge in [-0.25, -0.2) is 4.79 Å². The van der Waals surface area contributed by atoms with Gasteiger partial charge in [0.15, 0.2) is 0 Å². The number of ether oxygens (including phenoxy) is 3. The van der Waals surface area contributed by atoms with Gasteiger partial charge in [-0.1, -0.05) is 6.07 Å². The highest BCUT2D eigenvalue weighted by molar-refractivity contribution is 14.1. The Hall–Kier alpha value is -1.84. The predicted molar refractivity (Wildman–Crippen MR) is 95.0 cm³/mol. The van der Waals surface area contributed by atoms with Gasteiger partial charge in [0.1, 0.15) is 18.8 Å². The first-order valence-electron chi connectivity index (χ1n) is 8.38. The summed E-state index contributed by atoms with van der Waals surface area (Å²) in [7, 11) is 0. The second-order valence-corrected chi connectivity index (χ2v) is 8.36. The monoisotopic (exact) mass is 472 g/mol. The topological polar surface area (TPSA) is 99.1 Å². The molecule has 0 spiro atoms. The smallest absolute Gasteiger partial charge is 0.481 e. The number of aryl methyl sites for hydroxylation is 1. The van der Waals surface area contributed by atoms with E-state index in [1.165, 1.54) is 0 Å². The van der Waals surface area contributed by atoms with Gasteiger partial charge in [-0.2, -0.15) is 0 Å². The first-order valence-corrected chi connectivity index (χ1v) is 9.46. The summed E-state index contributed by atoms with van der Waals surface area (Å²) in [6.07, 6.45) is -1.66. The van der Waals surface area contributed by atoms with Crippen molar-refractivity contribution in [2.75, 3.05) is 0 Å². The second-order valence-electron chi connectivity index (χ2n) is 7.11. The molecule has 7 nitrogen and oxygen atoms in total. The summed E-state index contributed by atoms with van der Waals surface area (Å²) >= 11 is 2.19. The predicted octanol–water partition coefficient (Wildman–Crippen LogP) is 2.51. The highest BCUT2D eigenvalue weighted by Gasteiger charge is 2.70. The standard InChI is InChI=1S/C18H17IO7/c1-7-2-8(4-9(19)3-7)6-24-18(23)26-15-10-5-11-13(12(10)16(20)21)17(22)25-14(11)15/h2-4,10-15H,5-6H2,1H3,(H,20,21). The number of carboxylic acids is 1. The molecular formula is C18H17IO7. The van der Waals surface area contributed by atoms with Gasteiger partial charge in [-0.3, -0.25) is 9.59 Å². The maximum absolute atomic E-state index is 12.1. The summed E-state index contributed by atoms with van der Waals surface area (Å²) in [4.78, 5) is 35.6. The molecule has 0 amide bonds. The van der Waals surface area contributed by atoms with Crippen LogP contribution in [-0.4, -0.2) is 35.4 Å². The third-order valence-electron chi connectivity index (χ3n) is 5.52. The fourth-order valence-electron chi connectivity index (χ4n) is 4.67. The molecule has 0 aromatic heterocycles. The number of esters is 1. The molecule has 1 heterocycles. The maximum Gasteiger partial charge on any atom is 0.509 e. The van der Waals surface area contributed by atoms with E-state index in [1.807, 2.05) is 25.1 Å². The zero-order valence-electron chi connectivity index (χ0n) is 13.9. The third kappa shape index (κ3) is 2.83. The first-order chi connectivity index (χ1) is 12.3. The Morgan fingerprint density at radius 3 is 2.77 bits per heavy atom. The number of carbonyl (C=O) groups is 3. The van der Waals surface area contributed by atoms with E-state index in [9.17, 15) is 19.5 Å². The minimum atomic E-state index is -1.05. The van der Waals surface area contributed by atoms with E-state index in [1.54, 1.807) is 0 Å². The molecule has 0 radical (unpaired) electrons. The Balaban J connectivity index is 1.42. The SMILES string of the molecule is Cc1cc(I)cc(COC(=O)OC2C3CC4C2OC(=O)C4C3C(=O)O)c1. The van der Waals surface area contributed by atoms with Gasteiger partial charge in [-0.05, 0) is 59.2 Å². The Morgan fingerprint density at radius 2 is 2.08 bits per heavy atom. The number of rotatable bonds is 4. The summed E-state index contributed by atoms with van der Waals surface area (Å²) < 4.78 is 16.9. The summed E-state index contributed by atoms with van der Waals surface area (Å²) in [5.74, 6) is -3.62. The number of aliphatic carboxylic acids is 1. The number of carbonyl (C=O) groups excluding carboxylic acids is 2. The lowest BCUT2D eigenvalue weighted by Crippen LogP contribution is -2.43. The van der Waals surface area contributed by atoms with Crippen molar-refractivity contribution in [3.8, 4) is 0 Å². The molecule has 3 aliphatic rings. The molecule has 1 saturated heterocycles. The second kappa shape index (κ2) is 6.40. The van der Waals surface area contributed by atoms with Crippen molar-refractivity contribution in [3.05, 3.63) is 32.9 Å². The molecular weight excluding hydrogens is 455 g/mol. The lowest BCUT2D eigenvalue weighted by molar-refractivity contribution is -0.151. The molecule has 2 bridgehead atoms. The molecule has 6 unspecified atom stereocenters. The zero-order valence-corrected chi connectivity index (χ0v) is 16.0. The van der Waals surface area contributed by atoms with Crippen LogP contribution in [0, 0.1) is 34.2 Å². The van der Waals surface area contributed by atoms with Crippen LogP contribution in [0.25, 0.3) is 0 Å². The molecule has 138 valence electrons. The van der Waals surface area contributed by atoms with Gasteiger partial charge < -0.3 is 19.3 Å². The molecule has 1 aromatic carbocycles. The first kappa shape index (κ1) is 17.6. The fraction of sp³-hybridized carbons (Fsp3) is 0.500. The van der Waals surface area contributed by atoms with Crippen molar-refractivity contribution in [2.24, 2.45) is 23.7 Å². The van der Waals surface area contributed by atoms with Crippen molar-refractivity contribution in [1.29, 1.82) is 0 Å². The zero-order chi connectivity index (χ0) is 18.6. The number of hydrogen-bond acceptors (Lipinski definition) is 6. The van der Waals surface area contributed by atoms with Crippen LogP contribution >= 0.6 is 22.6 Å². The van der Waals surface area contributed by atoms with E-state index in [0.717, 1.165) is 14.7 Å². The van der Waals surface area contributed by atoms with E-state index < -0.39 is 48.1 Å². The van der Waals surface area contributed by atoms with Gasteiger partial charge in [-0.15, -0.1) is 0 Å². The van der Waals surface area contributed by atoms with Crippen molar-refractivity contribution >= 4 is 40.7 Å². The molecule has 6 atom stereocenters. The molecule has 2 aliphatic carbocycles. The summed E-state index contributed by atoms with van der Waals surface area (Å²) in [5, 5.41) is 9.45. The molecule has 1 N–H and O–H groups in total. The van der Waals surface area contributed by atoms with E-state index in [-0.39, 0.29) is 12.5 Å². The number of halogens is 1. The van der Waals surface area contributed by atoms with Crippen LogP contribution in [0.15, 0.2) is 18.2 Å². The van der Waals surface area contributed by atoms with Gasteiger partial charge in [0.05, 0.1) is 11.8 Å². The molecule has 26 heavy (non-hydrogen) atoms. The van der Waals surface area contributed by atoms with Gasteiger partial charge >= 0.3 is 18.1 Å². The van der Waals surface area contributed by atoms with Crippen LogP contribution in [0.4, 0.5) is 4.79 Å². The Bertz CT molecular complexity index is 771. The van der Waals surface area contributed by atoms with E-state index in [2.05, 4.69) is 22.6 Å². The summed E-state index contributed by atoms with van der Waals surface area (Å²) in [6.45, 7) is 2.02. The van der Waals surface area contributed by atoms with Gasteiger partial charge in [0.25, 0.3) is 0 Å². The average molecular weight is 472 g/mol. The highest BCUT2D eigenvalue weighted by Crippen LogP contribution is 2.58. The van der Waals surface area contributed by atoms with Crippen molar-refractivity contribution in [2.45, 2.75) is 32.2 Å². The number of hydrogen-bond donors (Lipinski definition) is 1. The van der Waals surface area contributed by atoms with Crippen molar-refractivity contribution < 1.29 is 33.7 Å². The Morgan fingerprint density at radius 1 is 1.31 bits per heavy atom. The van der Waals surface area contributed by atoms with Crippen LogP contribution in [0.2, 0.25) is 0 Å². The van der Waals surface area contributed by atoms with Crippen LogP contribution < -0.4 is 0 Å². The van der Waals surface area contributed by atoms with E-state index in [0.29, 0.717) is 6.42 Å². The molecule has 8 heteroatoms. The average Bonchev–Trinajstić information content (AvgIpc) is 3.15. The maximum atomic E-state index is 12.1. The highest BCUT2D eigenvalue weighted by atomic mass is 127. The molecule has 1 aromatic rings. The van der Waals surface area contributed by atoms with Crippen LogP contribution in [0.5, 0.6) is 0 Å². The molecule has 1 aliphatic heterocycles. The van der Waals surface area contributed by atoms with E-state index >= 15 is 0 Å².